The molecule has 2 amide bonds. The number of carbonyl (C=O) groups is 2. The van der Waals surface area contributed by atoms with Crippen LogP contribution in [0.5, 0.6) is 5.75 Å². The van der Waals surface area contributed by atoms with Gasteiger partial charge in [0.15, 0.2) is 0 Å². The predicted molar refractivity (Wildman–Crippen MR) is 111 cm³/mol. The van der Waals surface area contributed by atoms with Crippen LogP contribution in [0.1, 0.15) is 29.8 Å². The highest BCUT2D eigenvalue weighted by molar-refractivity contribution is 6.04. The maximum Gasteiger partial charge on any atom is 0.255 e. The fourth-order valence-electron chi connectivity index (χ4n) is 2.76. The fraction of sp³-hybridized carbons (Fsp3) is 0.227. The van der Waals surface area contributed by atoms with Gasteiger partial charge in [0.2, 0.25) is 5.91 Å². The van der Waals surface area contributed by atoms with Gasteiger partial charge in [-0.1, -0.05) is 36.4 Å². The van der Waals surface area contributed by atoms with E-state index in [0.29, 0.717) is 23.5 Å². The number of nitrogens with zero attached hydrogens (tertiary/aromatic N) is 2. The molecule has 1 aromatic heterocycles. The number of amides is 2. The van der Waals surface area contributed by atoms with Crippen LogP contribution in [0.15, 0.2) is 67.0 Å². The van der Waals surface area contributed by atoms with Crippen molar-refractivity contribution in [3.05, 3.63) is 78.1 Å². The predicted octanol–water partition coefficient (Wildman–Crippen LogP) is 3.20. The summed E-state index contributed by atoms with van der Waals surface area (Å²) < 4.78 is 6.68. The summed E-state index contributed by atoms with van der Waals surface area (Å²) >= 11 is 0. The molecule has 7 nitrogen and oxygen atoms in total. The molecular formula is C22H24N4O3. The van der Waals surface area contributed by atoms with Crippen LogP contribution in [0.4, 0.5) is 5.69 Å². The molecule has 0 fully saturated rings. The zero-order valence-corrected chi connectivity index (χ0v) is 16.7. The fourth-order valence-corrected chi connectivity index (χ4v) is 2.76. The van der Waals surface area contributed by atoms with E-state index >= 15 is 0 Å². The monoisotopic (exact) mass is 392 g/mol. The van der Waals surface area contributed by atoms with Crippen molar-refractivity contribution in [2.24, 2.45) is 0 Å². The minimum Gasteiger partial charge on any atom is -0.497 e. The molecule has 0 atom stereocenters. The molecule has 29 heavy (non-hydrogen) atoms. The average Bonchev–Trinajstić information content (AvgIpc) is 3.22. The zero-order chi connectivity index (χ0) is 20.9. The van der Waals surface area contributed by atoms with Gasteiger partial charge in [0.05, 0.1) is 19.0 Å². The lowest BCUT2D eigenvalue weighted by atomic mass is 10.0. The first-order chi connectivity index (χ1) is 13.9. The van der Waals surface area contributed by atoms with E-state index in [1.165, 1.54) is 10.9 Å². The Kier molecular flexibility index (Phi) is 5.97. The number of aromatic nitrogens is 2. The van der Waals surface area contributed by atoms with Gasteiger partial charge in [-0.3, -0.25) is 14.3 Å². The molecule has 0 spiro atoms. The van der Waals surface area contributed by atoms with E-state index in [-0.39, 0.29) is 11.8 Å². The Morgan fingerprint density at radius 2 is 1.86 bits per heavy atom. The maximum atomic E-state index is 12.7. The van der Waals surface area contributed by atoms with Crippen molar-refractivity contribution in [2.45, 2.75) is 25.9 Å². The third-order valence-electron chi connectivity index (χ3n) is 4.60. The van der Waals surface area contributed by atoms with Gasteiger partial charge >= 0.3 is 0 Å². The van der Waals surface area contributed by atoms with Crippen molar-refractivity contribution in [1.29, 1.82) is 0 Å². The molecule has 3 rings (SSSR count). The molecule has 2 N–H and O–H groups in total. The molecule has 7 heteroatoms. The molecule has 150 valence electrons. The highest BCUT2D eigenvalue weighted by Gasteiger charge is 2.30. The number of hydrogen-bond donors (Lipinski definition) is 2. The molecule has 0 unspecified atom stereocenters. The average molecular weight is 392 g/mol. The van der Waals surface area contributed by atoms with Crippen molar-refractivity contribution in [1.82, 2.24) is 15.1 Å². The summed E-state index contributed by atoms with van der Waals surface area (Å²) in [7, 11) is 1.55. The van der Waals surface area contributed by atoms with E-state index in [1.807, 2.05) is 30.3 Å². The Bertz CT molecular complexity index is 996. The summed E-state index contributed by atoms with van der Waals surface area (Å²) in [6.07, 6.45) is 3.16. The smallest absolute Gasteiger partial charge is 0.255 e. The van der Waals surface area contributed by atoms with E-state index in [1.54, 1.807) is 51.4 Å². The van der Waals surface area contributed by atoms with Gasteiger partial charge in [0.25, 0.3) is 5.91 Å². The highest BCUT2D eigenvalue weighted by atomic mass is 16.5. The van der Waals surface area contributed by atoms with Crippen molar-refractivity contribution < 1.29 is 14.3 Å². The summed E-state index contributed by atoms with van der Waals surface area (Å²) in [4.78, 5) is 25.1. The minimum atomic E-state index is -0.923. The van der Waals surface area contributed by atoms with Gasteiger partial charge in [0, 0.05) is 18.3 Å². The molecule has 2 aromatic carbocycles. The Hall–Kier alpha value is -3.61. The minimum absolute atomic E-state index is 0.171. The van der Waals surface area contributed by atoms with Crippen molar-refractivity contribution >= 4 is 17.5 Å². The van der Waals surface area contributed by atoms with E-state index in [9.17, 15) is 9.59 Å². The Balaban J connectivity index is 1.65. The van der Waals surface area contributed by atoms with Crippen LogP contribution in [-0.2, 0) is 16.9 Å². The number of hydrogen-bond acceptors (Lipinski definition) is 4. The quantitative estimate of drug-likeness (QED) is 0.647. The topological polar surface area (TPSA) is 85.2 Å². The maximum absolute atomic E-state index is 12.7. The molecule has 0 saturated carbocycles. The molecule has 0 aliphatic rings. The van der Waals surface area contributed by atoms with Crippen LogP contribution in [0.3, 0.4) is 0 Å². The standard InChI is InChI=1S/C22H24N4O3/c1-22(2,21(28)23-13-16-8-5-4-6-9-16)26-15-18(14-24-26)25-20(27)17-10-7-11-19(12-17)29-3/h4-12,14-15H,13H2,1-3H3,(H,23,28)(H,25,27). The molecule has 0 saturated heterocycles. The number of carbonyl (C=O) groups excluding carboxylic acids is 2. The van der Waals surface area contributed by atoms with Gasteiger partial charge < -0.3 is 15.4 Å². The molecule has 0 aliphatic heterocycles. The Morgan fingerprint density at radius 1 is 1.10 bits per heavy atom. The third kappa shape index (κ3) is 4.82. The van der Waals surface area contributed by atoms with Crippen molar-refractivity contribution in [2.75, 3.05) is 12.4 Å². The molecular weight excluding hydrogens is 368 g/mol. The Labute approximate surface area is 169 Å². The van der Waals surface area contributed by atoms with Gasteiger partial charge in [-0.25, -0.2) is 0 Å². The first-order valence-corrected chi connectivity index (χ1v) is 9.23. The number of nitrogens with one attached hydrogen (secondary N) is 2. The first kappa shape index (κ1) is 20.1. The van der Waals surface area contributed by atoms with Crippen LogP contribution in [0.2, 0.25) is 0 Å². The lowest BCUT2D eigenvalue weighted by Crippen LogP contribution is -2.44. The van der Waals surface area contributed by atoms with Gasteiger partial charge in [0.1, 0.15) is 11.3 Å². The number of rotatable bonds is 7. The number of methoxy groups -OCH3 is 1. The molecule has 0 radical (unpaired) electrons. The third-order valence-corrected chi connectivity index (χ3v) is 4.60. The number of ether oxygens (including phenoxy) is 1. The Morgan fingerprint density at radius 3 is 2.59 bits per heavy atom. The normalized spacial score (nSPS) is 11.0. The van der Waals surface area contributed by atoms with Crippen LogP contribution in [-0.4, -0.2) is 28.7 Å². The first-order valence-electron chi connectivity index (χ1n) is 9.23. The molecule has 0 bridgehead atoms. The summed E-state index contributed by atoms with van der Waals surface area (Å²) in [6, 6.07) is 16.6. The van der Waals surface area contributed by atoms with Gasteiger partial charge in [-0.05, 0) is 37.6 Å². The highest BCUT2D eigenvalue weighted by Crippen LogP contribution is 2.19. The summed E-state index contributed by atoms with van der Waals surface area (Å²) in [5.74, 6) is 0.148. The molecule has 0 aliphatic carbocycles. The van der Waals surface area contributed by atoms with E-state index in [4.69, 9.17) is 4.74 Å². The molecule has 1 heterocycles. The van der Waals surface area contributed by atoms with Crippen LogP contribution in [0.25, 0.3) is 0 Å². The van der Waals surface area contributed by atoms with Crippen LogP contribution >= 0.6 is 0 Å². The van der Waals surface area contributed by atoms with Gasteiger partial charge in [-0.2, -0.15) is 5.10 Å². The summed E-state index contributed by atoms with van der Waals surface area (Å²) in [5, 5.41) is 9.98. The number of anilines is 1. The lowest BCUT2D eigenvalue weighted by Gasteiger charge is -2.24. The van der Waals surface area contributed by atoms with E-state index < -0.39 is 5.54 Å². The summed E-state index contributed by atoms with van der Waals surface area (Å²) in [5.41, 5.74) is 1.07. The second-order valence-corrected chi connectivity index (χ2v) is 7.09. The number of benzene rings is 2. The van der Waals surface area contributed by atoms with Crippen LogP contribution in [0, 0.1) is 0 Å². The van der Waals surface area contributed by atoms with E-state index in [2.05, 4.69) is 15.7 Å². The second-order valence-electron chi connectivity index (χ2n) is 7.09. The second kappa shape index (κ2) is 8.60. The van der Waals surface area contributed by atoms with E-state index in [0.717, 1.165) is 5.56 Å². The molecule has 3 aromatic rings. The van der Waals surface area contributed by atoms with Crippen molar-refractivity contribution in [3.63, 3.8) is 0 Å². The summed E-state index contributed by atoms with van der Waals surface area (Å²) in [6.45, 7) is 3.98. The lowest BCUT2D eigenvalue weighted by molar-refractivity contribution is -0.129. The van der Waals surface area contributed by atoms with Crippen molar-refractivity contribution in [3.8, 4) is 5.75 Å². The van der Waals surface area contributed by atoms with Crippen LogP contribution < -0.4 is 15.4 Å². The zero-order valence-electron chi connectivity index (χ0n) is 16.7. The largest absolute Gasteiger partial charge is 0.497 e. The SMILES string of the molecule is COc1cccc(C(=O)Nc2cnn(C(C)(C)C(=O)NCc3ccccc3)c2)c1. The van der Waals surface area contributed by atoms with Gasteiger partial charge in [-0.15, -0.1) is 0 Å².